The molecule has 1 amide bonds. The Balaban J connectivity index is 1.29. The zero-order valence-electron chi connectivity index (χ0n) is 16.1. The monoisotopic (exact) mass is 390 g/mol. The highest BCUT2D eigenvalue weighted by atomic mass is 16.5. The smallest absolute Gasteiger partial charge is 0.227 e. The second-order valence-electron chi connectivity index (χ2n) is 6.82. The Bertz CT molecular complexity index is 971. The number of rotatable bonds is 6. The average molecular weight is 390 g/mol. The van der Waals surface area contributed by atoms with Crippen molar-refractivity contribution >= 4 is 5.91 Å². The van der Waals surface area contributed by atoms with Gasteiger partial charge in [0.05, 0.1) is 13.0 Å². The summed E-state index contributed by atoms with van der Waals surface area (Å²) in [4.78, 5) is 16.8. The molecule has 6 nitrogen and oxygen atoms in total. The molecule has 1 atom stereocenters. The molecule has 0 bridgehead atoms. The van der Waals surface area contributed by atoms with Crippen molar-refractivity contribution in [3.8, 4) is 23.1 Å². The van der Waals surface area contributed by atoms with Crippen molar-refractivity contribution < 1.29 is 19.0 Å². The minimum absolute atomic E-state index is 0.0157. The van der Waals surface area contributed by atoms with Gasteiger partial charge in [-0.25, -0.2) is 4.98 Å². The Labute approximate surface area is 169 Å². The van der Waals surface area contributed by atoms with Gasteiger partial charge in [-0.2, -0.15) is 0 Å². The standard InChI is InChI=1S/C23H22N2O4/c1-27-19-7-9-20(10-8-19)29-22-11-6-16(13-24-22)14-25-23(26)18-12-17-4-2-3-5-21(17)28-15-18/h2-11,13,18H,12,14-15H2,1H3,(H,25,26)/t18-/m1/s1. The van der Waals surface area contributed by atoms with Crippen LogP contribution in [0.1, 0.15) is 11.1 Å². The molecule has 0 saturated carbocycles. The molecule has 0 spiro atoms. The maximum atomic E-state index is 12.5. The summed E-state index contributed by atoms with van der Waals surface area (Å²) in [6, 6.07) is 18.8. The Morgan fingerprint density at radius 3 is 2.66 bits per heavy atom. The molecule has 2 aromatic carbocycles. The number of amides is 1. The van der Waals surface area contributed by atoms with Crippen LogP contribution < -0.4 is 19.5 Å². The first kappa shape index (κ1) is 18.8. The number of aromatic nitrogens is 1. The van der Waals surface area contributed by atoms with Crippen molar-refractivity contribution in [1.82, 2.24) is 10.3 Å². The number of hydrogen-bond acceptors (Lipinski definition) is 5. The van der Waals surface area contributed by atoms with Gasteiger partial charge in [-0.15, -0.1) is 0 Å². The molecule has 0 unspecified atom stereocenters. The third kappa shape index (κ3) is 4.66. The number of ether oxygens (including phenoxy) is 3. The molecule has 1 aliphatic rings. The number of methoxy groups -OCH3 is 1. The normalized spacial score (nSPS) is 15.0. The molecule has 0 radical (unpaired) electrons. The van der Waals surface area contributed by atoms with Crippen molar-refractivity contribution in [3.63, 3.8) is 0 Å². The van der Waals surface area contributed by atoms with Crippen molar-refractivity contribution in [2.24, 2.45) is 5.92 Å². The van der Waals surface area contributed by atoms with Gasteiger partial charge in [-0.3, -0.25) is 4.79 Å². The molecule has 1 aliphatic heterocycles. The highest BCUT2D eigenvalue weighted by Crippen LogP contribution is 2.27. The van der Waals surface area contributed by atoms with E-state index in [1.54, 1.807) is 19.4 Å². The van der Waals surface area contributed by atoms with Crippen LogP contribution >= 0.6 is 0 Å². The average Bonchev–Trinajstić information content (AvgIpc) is 2.78. The van der Waals surface area contributed by atoms with Crippen molar-refractivity contribution in [1.29, 1.82) is 0 Å². The van der Waals surface area contributed by atoms with Crippen LogP contribution in [0.5, 0.6) is 23.1 Å². The predicted octanol–water partition coefficient (Wildman–Crippen LogP) is 3.75. The number of hydrogen-bond donors (Lipinski definition) is 1. The summed E-state index contributed by atoms with van der Waals surface area (Å²) in [7, 11) is 1.62. The van der Waals surface area contributed by atoms with Crippen molar-refractivity contribution in [2.45, 2.75) is 13.0 Å². The molecule has 0 saturated heterocycles. The zero-order chi connectivity index (χ0) is 20.1. The van der Waals surface area contributed by atoms with Crippen molar-refractivity contribution in [3.05, 3.63) is 78.0 Å². The van der Waals surface area contributed by atoms with E-state index in [1.807, 2.05) is 54.6 Å². The summed E-state index contributed by atoms with van der Waals surface area (Å²) >= 11 is 0. The fourth-order valence-corrected chi connectivity index (χ4v) is 3.17. The lowest BCUT2D eigenvalue weighted by molar-refractivity contribution is -0.126. The Hall–Kier alpha value is -3.54. The van der Waals surface area contributed by atoms with Crippen LogP contribution in [0.2, 0.25) is 0 Å². The van der Waals surface area contributed by atoms with E-state index in [1.165, 1.54) is 0 Å². The van der Waals surface area contributed by atoms with Crippen molar-refractivity contribution in [2.75, 3.05) is 13.7 Å². The van der Waals surface area contributed by atoms with Gasteiger partial charge in [0.15, 0.2) is 0 Å². The van der Waals surface area contributed by atoms with E-state index in [2.05, 4.69) is 10.3 Å². The van der Waals surface area contributed by atoms with Crippen LogP contribution in [0.3, 0.4) is 0 Å². The molecule has 29 heavy (non-hydrogen) atoms. The SMILES string of the molecule is COc1ccc(Oc2ccc(CNC(=O)[C@H]3COc4ccccc4C3)cn2)cc1. The van der Waals surface area contributed by atoms with Crippen LogP contribution in [0.4, 0.5) is 0 Å². The summed E-state index contributed by atoms with van der Waals surface area (Å²) in [6.45, 7) is 0.808. The highest BCUT2D eigenvalue weighted by Gasteiger charge is 2.25. The van der Waals surface area contributed by atoms with E-state index in [9.17, 15) is 4.79 Å². The number of benzene rings is 2. The van der Waals surface area contributed by atoms with Gasteiger partial charge in [0.25, 0.3) is 0 Å². The molecule has 3 aromatic rings. The first-order chi connectivity index (χ1) is 14.2. The van der Waals surface area contributed by atoms with Gasteiger partial charge in [0, 0.05) is 18.8 Å². The van der Waals surface area contributed by atoms with Gasteiger partial charge < -0.3 is 19.5 Å². The van der Waals surface area contributed by atoms with Gasteiger partial charge in [-0.1, -0.05) is 24.3 Å². The molecule has 1 N–H and O–H groups in total. The zero-order valence-corrected chi connectivity index (χ0v) is 16.1. The number of carbonyl (C=O) groups excluding carboxylic acids is 1. The molecule has 2 heterocycles. The van der Waals surface area contributed by atoms with Crippen LogP contribution in [-0.4, -0.2) is 24.6 Å². The molecule has 4 rings (SSSR count). The second kappa shape index (κ2) is 8.65. The van der Waals surface area contributed by atoms with Gasteiger partial charge in [0.2, 0.25) is 11.8 Å². The van der Waals surface area contributed by atoms with Crippen LogP contribution in [-0.2, 0) is 17.8 Å². The summed E-state index contributed by atoms with van der Waals surface area (Å²) in [5.74, 6) is 2.60. The van der Waals surface area contributed by atoms with E-state index < -0.39 is 0 Å². The van der Waals surface area contributed by atoms with Gasteiger partial charge in [-0.05, 0) is 47.9 Å². The highest BCUT2D eigenvalue weighted by molar-refractivity contribution is 5.79. The minimum Gasteiger partial charge on any atom is -0.497 e. The fraction of sp³-hybridized carbons (Fsp3) is 0.217. The second-order valence-corrected chi connectivity index (χ2v) is 6.82. The summed E-state index contributed by atoms with van der Waals surface area (Å²) in [6.07, 6.45) is 2.39. The summed E-state index contributed by atoms with van der Waals surface area (Å²) in [5, 5.41) is 2.97. The Morgan fingerprint density at radius 2 is 1.90 bits per heavy atom. The number of nitrogens with zero attached hydrogens (tertiary/aromatic N) is 1. The van der Waals surface area contributed by atoms with E-state index >= 15 is 0 Å². The predicted molar refractivity (Wildman–Crippen MR) is 108 cm³/mol. The Kier molecular flexibility index (Phi) is 5.61. The number of fused-ring (bicyclic) bond motifs is 1. The lowest BCUT2D eigenvalue weighted by atomic mass is 9.96. The molecule has 1 aromatic heterocycles. The van der Waals surface area contributed by atoms with Gasteiger partial charge >= 0.3 is 0 Å². The number of pyridine rings is 1. The van der Waals surface area contributed by atoms with E-state index in [0.29, 0.717) is 31.2 Å². The summed E-state index contributed by atoms with van der Waals surface area (Å²) in [5.41, 5.74) is 1.97. The van der Waals surface area contributed by atoms with E-state index in [4.69, 9.17) is 14.2 Å². The third-order valence-electron chi connectivity index (χ3n) is 4.80. The largest absolute Gasteiger partial charge is 0.497 e. The maximum Gasteiger partial charge on any atom is 0.227 e. The quantitative estimate of drug-likeness (QED) is 0.694. The molecule has 0 fully saturated rings. The molecule has 148 valence electrons. The number of nitrogens with one attached hydrogen (secondary N) is 1. The molecule has 0 aliphatic carbocycles. The first-order valence-corrected chi connectivity index (χ1v) is 9.46. The third-order valence-corrected chi connectivity index (χ3v) is 4.80. The fourth-order valence-electron chi connectivity index (χ4n) is 3.17. The topological polar surface area (TPSA) is 69.7 Å². The van der Waals surface area contributed by atoms with Gasteiger partial charge in [0.1, 0.15) is 23.9 Å². The van der Waals surface area contributed by atoms with E-state index in [-0.39, 0.29) is 11.8 Å². The number of para-hydroxylation sites is 1. The Morgan fingerprint density at radius 1 is 1.10 bits per heavy atom. The lowest BCUT2D eigenvalue weighted by Gasteiger charge is -2.24. The molecular formula is C23H22N2O4. The summed E-state index contributed by atoms with van der Waals surface area (Å²) < 4.78 is 16.5. The first-order valence-electron chi connectivity index (χ1n) is 9.46. The molecule has 6 heteroatoms. The van der Waals surface area contributed by atoms with Crippen LogP contribution in [0, 0.1) is 5.92 Å². The van der Waals surface area contributed by atoms with Crippen LogP contribution in [0.25, 0.3) is 0 Å². The lowest BCUT2D eigenvalue weighted by Crippen LogP contribution is -2.37. The minimum atomic E-state index is -0.185. The van der Waals surface area contributed by atoms with E-state index in [0.717, 1.165) is 22.6 Å². The van der Waals surface area contributed by atoms with Crippen LogP contribution in [0.15, 0.2) is 66.9 Å². The maximum absolute atomic E-state index is 12.5. The number of carbonyl (C=O) groups is 1. The molecular weight excluding hydrogens is 368 g/mol.